The van der Waals surface area contributed by atoms with Gasteiger partial charge in [0.05, 0.1) is 12.2 Å². The van der Waals surface area contributed by atoms with Gasteiger partial charge in [-0.1, -0.05) is 12.1 Å². The molecule has 0 N–H and O–H groups in total. The fraction of sp³-hybridized carbons (Fsp3) is 0.562. The summed E-state index contributed by atoms with van der Waals surface area (Å²) in [5.74, 6) is 0.497. The number of fused-ring (bicyclic) bond motifs is 2. The van der Waals surface area contributed by atoms with Gasteiger partial charge in [0.25, 0.3) is 0 Å². The molecule has 2 unspecified atom stereocenters. The molecule has 96 valence electrons. The topological polar surface area (TPSA) is 26.3 Å². The molecule has 2 heteroatoms. The summed E-state index contributed by atoms with van der Waals surface area (Å²) >= 11 is 0. The fourth-order valence-electron chi connectivity index (χ4n) is 3.20. The zero-order valence-electron chi connectivity index (χ0n) is 11.1. The fourth-order valence-corrected chi connectivity index (χ4v) is 3.20. The summed E-state index contributed by atoms with van der Waals surface area (Å²) in [4.78, 5) is 12.5. The van der Waals surface area contributed by atoms with Gasteiger partial charge in [-0.2, -0.15) is 0 Å². The molecule has 2 atom stereocenters. The molecular formula is C16H20O2. The minimum Gasteiger partial charge on any atom is -0.375 e. The largest absolute Gasteiger partial charge is 0.375 e. The number of aryl methyl sites for hydroxylation is 2. The van der Waals surface area contributed by atoms with Gasteiger partial charge in [-0.05, 0) is 56.7 Å². The summed E-state index contributed by atoms with van der Waals surface area (Å²) in [7, 11) is 0. The van der Waals surface area contributed by atoms with Crippen LogP contribution in [0.5, 0.6) is 0 Å². The van der Waals surface area contributed by atoms with E-state index in [-0.39, 0.29) is 5.92 Å². The van der Waals surface area contributed by atoms with Crippen LogP contribution in [0.2, 0.25) is 0 Å². The van der Waals surface area contributed by atoms with Crippen molar-refractivity contribution in [1.29, 1.82) is 0 Å². The molecule has 2 saturated heterocycles. The number of rotatable bonds is 2. The van der Waals surface area contributed by atoms with Crippen LogP contribution < -0.4 is 0 Å². The van der Waals surface area contributed by atoms with Gasteiger partial charge in [0.15, 0.2) is 5.78 Å². The van der Waals surface area contributed by atoms with Crippen LogP contribution >= 0.6 is 0 Å². The Bertz CT molecular complexity index is 466. The Hall–Kier alpha value is -1.15. The van der Waals surface area contributed by atoms with Crippen LogP contribution in [0.15, 0.2) is 18.2 Å². The van der Waals surface area contributed by atoms with Crippen LogP contribution in [0.3, 0.4) is 0 Å². The molecule has 2 aliphatic rings. The predicted molar refractivity (Wildman–Crippen MR) is 70.9 cm³/mol. The molecule has 0 saturated carbocycles. The average molecular weight is 244 g/mol. The number of hydrogen-bond acceptors (Lipinski definition) is 2. The number of carbonyl (C=O) groups is 1. The van der Waals surface area contributed by atoms with Crippen molar-refractivity contribution >= 4 is 5.78 Å². The minimum atomic E-state index is 0.179. The zero-order chi connectivity index (χ0) is 12.7. The number of Topliss-reactive ketones (excluding diaryl/α,β-unsaturated/α-hetero) is 1. The maximum atomic E-state index is 12.5. The van der Waals surface area contributed by atoms with Crippen molar-refractivity contribution in [2.45, 2.75) is 51.7 Å². The second kappa shape index (κ2) is 4.51. The summed E-state index contributed by atoms with van der Waals surface area (Å²) in [5.41, 5.74) is 3.33. The Morgan fingerprint density at radius 2 is 1.78 bits per heavy atom. The lowest BCUT2D eigenvalue weighted by atomic mass is 9.87. The smallest absolute Gasteiger partial charge is 0.166 e. The maximum Gasteiger partial charge on any atom is 0.166 e. The van der Waals surface area contributed by atoms with E-state index in [4.69, 9.17) is 4.74 Å². The minimum absolute atomic E-state index is 0.179. The first-order valence-electron chi connectivity index (χ1n) is 6.90. The van der Waals surface area contributed by atoms with Crippen molar-refractivity contribution in [3.05, 3.63) is 34.9 Å². The van der Waals surface area contributed by atoms with E-state index in [0.29, 0.717) is 18.0 Å². The van der Waals surface area contributed by atoms with Crippen molar-refractivity contribution in [3.8, 4) is 0 Å². The third-order valence-electron chi connectivity index (χ3n) is 4.45. The summed E-state index contributed by atoms with van der Waals surface area (Å²) in [6, 6.07) is 6.06. The molecular weight excluding hydrogens is 224 g/mol. The number of benzene rings is 1. The van der Waals surface area contributed by atoms with E-state index in [1.807, 2.05) is 12.1 Å². The second-order valence-corrected chi connectivity index (χ2v) is 5.79. The van der Waals surface area contributed by atoms with E-state index in [0.717, 1.165) is 31.2 Å². The highest BCUT2D eigenvalue weighted by molar-refractivity contribution is 5.98. The summed E-state index contributed by atoms with van der Waals surface area (Å²) in [6.45, 7) is 4.15. The van der Waals surface area contributed by atoms with Gasteiger partial charge in [0.2, 0.25) is 0 Å². The molecule has 0 aromatic heterocycles. The van der Waals surface area contributed by atoms with Crippen molar-refractivity contribution in [2.75, 3.05) is 0 Å². The zero-order valence-corrected chi connectivity index (χ0v) is 11.1. The van der Waals surface area contributed by atoms with Crippen LogP contribution in [0.25, 0.3) is 0 Å². The average Bonchev–Trinajstić information content (AvgIpc) is 2.71. The molecule has 1 aromatic rings. The lowest BCUT2D eigenvalue weighted by Gasteiger charge is -2.27. The second-order valence-electron chi connectivity index (χ2n) is 5.79. The molecule has 2 aliphatic heterocycles. The van der Waals surface area contributed by atoms with E-state index < -0.39 is 0 Å². The van der Waals surface area contributed by atoms with Gasteiger partial charge < -0.3 is 4.74 Å². The third-order valence-corrected chi connectivity index (χ3v) is 4.45. The number of carbonyl (C=O) groups excluding carboxylic acids is 1. The Labute approximate surface area is 108 Å². The van der Waals surface area contributed by atoms with Gasteiger partial charge in [-0.15, -0.1) is 0 Å². The summed E-state index contributed by atoms with van der Waals surface area (Å²) in [6.07, 6.45) is 4.79. The third kappa shape index (κ3) is 2.10. The van der Waals surface area contributed by atoms with E-state index in [1.54, 1.807) is 0 Å². The van der Waals surface area contributed by atoms with Crippen molar-refractivity contribution < 1.29 is 9.53 Å². The molecule has 0 radical (unpaired) electrons. The quantitative estimate of drug-likeness (QED) is 0.745. The van der Waals surface area contributed by atoms with Crippen LogP contribution in [0.1, 0.15) is 47.2 Å². The predicted octanol–water partition coefficient (Wildman–Crippen LogP) is 3.44. The summed E-state index contributed by atoms with van der Waals surface area (Å²) < 4.78 is 5.80. The Kier molecular flexibility index (Phi) is 2.98. The molecule has 0 amide bonds. The molecule has 0 aliphatic carbocycles. The molecule has 1 aromatic carbocycles. The first-order chi connectivity index (χ1) is 8.63. The first-order valence-corrected chi connectivity index (χ1v) is 6.90. The van der Waals surface area contributed by atoms with Gasteiger partial charge in [0, 0.05) is 11.5 Å². The molecule has 3 rings (SSSR count). The number of ether oxygens (including phenoxy) is 1. The lowest BCUT2D eigenvalue weighted by molar-refractivity contribution is -0.0149. The number of ketones is 1. The van der Waals surface area contributed by atoms with Crippen molar-refractivity contribution in [2.24, 2.45) is 5.92 Å². The monoisotopic (exact) mass is 244 g/mol. The lowest BCUT2D eigenvalue weighted by Crippen LogP contribution is -2.30. The van der Waals surface area contributed by atoms with Gasteiger partial charge in [-0.3, -0.25) is 4.79 Å². The molecule has 2 nitrogen and oxygen atoms in total. The van der Waals surface area contributed by atoms with Crippen LogP contribution in [0, 0.1) is 19.8 Å². The standard InChI is InChI=1S/C16H20O2/c1-10-3-4-12(7-11(10)2)16(17)13-8-14-5-6-15(9-13)18-14/h3-4,7,13-15H,5-6,8-9H2,1-2H3. The van der Waals surface area contributed by atoms with E-state index >= 15 is 0 Å². The highest BCUT2D eigenvalue weighted by Gasteiger charge is 2.38. The molecule has 2 heterocycles. The highest BCUT2D eigenvalue weighted by Crippen LogP contribution is 2.37. The molecule has 2 fully saturated rings. The van der Waals surface area contributed by atoms with Crippen molar-refractivity contribution in [1.82, 2.24) is 0 Å². The molecule has 0 spiro atoms. The maximum absolute atomic E-state index is 12.5. The number of hydrogen-bond donors (Lipinski definition) is 0. The van der Waals surface area contributed by atoms with E-state index in [1.165, 1.54) is 11.1 Å². The van der Waals surface area contributed by atoms with Crippen LogP contribution in [-0.2, 0) is 4.74 Å². The highest BCUT2D eigenvalue weighted by atomic mass is 16.5. The first kappa shape index (κ1) is 11.9. The Balaban J connectivity index is 1.79. The van der Waals surface area contributed by atoms with E-state index in [2.05, 4.69) is 19.9 Å². The van der Waals surface area contributed by atoms with Gasteiger partial charge in [-0.25, -0.2) is 0 Å². The van der Waals surface area contributed by atoms with Crippen LogP contribution in [0.4, 0.5) is 0 Å². The van der Waals surface area contributed by atoms with Gasteiger partial charge in [0.1, 0.15) is 0 Å². The normalized spacial score (nSPS) is 30.4. The summed E-state index contributed by atoms with van der Waals surface area (Å²) in [5, 5.41) is 0. The molecule has 18 heavy (non-hydrogen) atoms. The van der Waals surface area contributed by atoms with E-state index in [9.17, 15) is 4.79 Å². The van der Waals surface area contributed by atoms with Gasteiger partial charge >= 0.3 is 0 Å². The van der Waals surface area contributed by atoms with Crippen molar-refractivity contribution in [3.63, 3.8) is 0 Å². The van der Waals surface area contributed by atoms with Crippen LogP contribution in [-0.4, -0.2) is 18.0 Å². The Morgan fingerprint density at radius 1 is 1.11 bits per heavy atom. The Morgan fingerprint density at radius 3 is 2.39 bits per heavy atom. The SMILES string of the molecule is Cc1ccc(C(=O)C2CC3CCC(C2)O3)cc1C. The molecule has 2 bridgehead atoms.